The molecule has 0 saturated heterocycles. The summed E-state index contributed by atoms with van der Waals surface area (Å²) in [5.41, 5.74) is 1.45. The number of H-pyrrole nitrogens is 1. The second-order valence-corrected chi connectivity index (χ2v) is 5.42. The molecule has 0 aliphatic heterocycles. The summed E-state index contributed by atoms with van der Waals surface area (Å²) >= 11 is 5.87. The molecule has 0 aliphatic carbocycles. The Morgan fingerprint density at radius 1 is 1.26 bits per heavy atom. The molecule has 0 aliphatic rings. The van der Waals surface area contributed by atoms with E-state index < -0.39 is 0 Å². The molecule has 1 aromatic heterocycles. The molecule has 3 rings (SSSR count). The number of aromatic hydroxyl groups is 1. The van der Waals surface area contributed by atoms with Gasteiger partial charge in [-0.2, -0.15) is 0 Å². The zero-order chi connectivity index (χ0) is 16.4. The number of anilines is 1. The monoisotopic (exact) mass is 330 g/mol. The van der Waals surface area contributed by atoms with Gasteiger partial charge in [-0.25, -0.2) is 0 Å². The van der Waals surface area contributed by atoms with Crippen LogP contribution >= 0.6 is 11.6 Å². The lowest BCUT2D eigenvalue weighted by molar-refractivity contribution is 0.102. The van der Waals surface area contributed by atoms with E-state index in [9.17, 15) is 9.90 Å². The molecule has 1 heterocycles. The first kappa shape index (κ1) is 15.2. The number of halogens is 1. The first-order chi connectivity index (χ1) is 11.1. The van der Waals surface area contributed by atoms with Crippen LogP contribution in [0.4, 0.5) is 5.69 Å². The fourth-order valence-electron chi connectivity index (χ4n) is 2.28. The number of aromatic amines is 1. The van der Waals surface area contributed by atoms with E-state index in [1.807, 2.05) is 25.1 Å². The van der Waals surface area contributed by atoms with Crippen LogP contribution in [0.2, 0.25) is 5.02 Å². The Morgan fingerprint density at radius 2 is 2.09 bits per heavy atom. The number of aromatic nitrogens is 1. The van der Waals surface area contributed by atoms with Gasteiger partial charge >= 0.3 is 0 Å². The minimum absolute atomic E-state index is 0.0440. The predicted octanol–water partition coefficient (Wildman–Crippen LogP) is 4.18. The molecule has 0 bridgehead atoms. The van der Waals surface area contributed by atoms with Crippen LogP contribution in [0.25, 0.3) is 10.9 Å². The van der Waals surface area contributed by atoms with E-state index in [2.05, 4.69) is 10.3 Å². The number of carbonyl (C=O) groups excluding carboxylic acids is 1. The topological polar surface area (TPSA) is 74.3 Å². The maximum absolute atomic E-state index is 12.3. The normalized spacial score (nSPS) is 10.7. The zero-order valence-corrected chi connectivity index (χ0v) is 13.1. The van der Waals surface area contributed by atoms with Gasteiger partial charge in [-0.05, 0) is 43.3 Å². The molecule has 0 spiro atoms. The SMILES string of the molecule is CCOc1ccc2cc(C(=O)Nc3cc(Cl)ccc3O)[nH]c2c1. The minimum atomic E-state index is -0.364. The van der Waals surface area contributed by atoms with Gasteiger partial charge < -0.3 is 20.1 Å². The van der Waals surface area contributed by atoms with Gasteiger partial charge in [0, 0.05) is 22.0 Å². The third-order valence-corrected chi connectivity index (χ3v) is 3.59. The van der Waals surface area contributed by atoms with Crippen molar-refractivity contribution in [2.75, 3.05) is 11.9 Å². The highest BCUT2D eigenvalue weighted by Gasteiger charge is 2.12. The summed E-state index contributed by atoms with van der Waals surface area (Å²) in [7, 11) is 0. The summed E-state index contributed by atoms with van der Waals surface area (Å²) in [6.45, 7) is 2.49. The number of phenols is 1. The minimum Gasteiger partial charge on any atom is -0.506 e. The summed E-state index contributed by atoms with van der Waals surface area (Å²) in [4.78, 5) is 15.4. The highest BCUT2D eigenvalue weighted by Crippen LogP contribution is 2.27. The standard InChI is InChI=1S/C17H15ClN2O3/c1-2-23-12-5-3-10-7-15(19-13(10)9-12)17(22)20-14-8-11(18)4-6-16(14)21/h3-9,19,21H,2H2,1H3,(H,20,22). The van der Waals surface area contributed by atoms with Gasteiger partial charge in [0.1, 0.15) is 17.2 Å². The van der Waals surface area contributed by atoms with E-state index in [-0.39, 0.29) is 17.3 Å². The van der Waals surface area contributed by atoms with Crippen LogP contribution in [0.15, 0.2) is 42.5 Å². The summed E-state index contributed by atoms with van der Waals surface area (Å²) < 4.78 is 5.44. The second-order valence-electron chi connectivity index (χ2n) is 4.98. The maximum atomic E-state index is 12.3. The van der Waals surface area contributed by atoms with Gasteiger partial charge in [0.15, 0.2) is 0 Å². The Kier molecular flexibility index (Phi) is 4.12. The van der Waals surface area contributed by atoms with Crippen LogP contribution in [-0.2, 0) is 0 Å². The fourth-order valence-corrected chi connectivity index (χ4v) is 2.46. The molecule has 0 saturated carbocycles. The van der Waals surface area contributed by atoms with Crippen LogP contribution in [0.3, 0.4) is 0 Å². The number of amides is 1. The highest BCUT2D eigenvalue weighted by atomic mass is 35.5. The van der Waals surface area contributed by atoms with Crippen LogP contribution in [0.5, 0.6) is 11.5 Å². The first-order valence-electron chi connectivity index (χ1n) is 7.12. The van der Waals surface area contributed by atoms with Gasteiger partial charge in [-0.15, -0.1) is 0 Å². The average molecular weight is 331 g/mol. The molecular formula is C17H15ClN2O3. The Hall–Kier alpha value is -2.66. The van der Waals surface area contributed by atoms with Gasteiger partial charge in [0.25, 0.3) is 5.91 Å². The van der Waals surface area contributed by atoms with E-state index >= 15 is 0 Å². The number of hydrogen-bond acceptors (Lipinski definition) is 3. The molecule has 0 atom stereocenters. The number of benzene rings is 2. The third-order valence-electron chi connectivity index (χ3n) is 3.36. The summed E-state index contributed by atoms with van der Waals surface area (Å²) in [5, 5.41) is 13.7. The Labute approximate surface area is 137 Å². The molecule has 3 aromatic rings. The van der Waals surface area contributed by atoms with Crippen LogP contribution in [0, 0.1) is 0 Å². The van der Waals surface area contributed by atoms with Crippen molar-refractivity contribution in [1.29, 1.82) is 0 Å². The van der Waals surface area contributed by atoms with Crippen LogP contribution in [-0.4, -0.2) is 22.6 Å². The lowest BCUT2D eigenvalue weighted by Gasteiger charge is -2.06. The summed E-state index contributed by atoms with van der Waals surface area (Å²) in [5.74, 6) is 0.329. The van der Waals surface area contributed by atoms with Crippen molar-refractivity contribution in [2.45, 2.75) is 6.92 Å². The quantitative estimate of drug-likeness (QED) is 0.628. The van der Waals surface area contributed by atoms with Crippen molar-refractivity contribution in [1.82, 2.24) is 4.98 Å². The molecule has 118 valence electrons. The number of hydrogen-bond donors (Lipinski definition) is 3. The molecule has 0 unspecified atom stereocenters. The molecule has 5 nitrogen and oxygen atoms in total. The highest BCUT2D eigenvalue weighted by molar-refractivity contribution is 6.31. The van der Waals surface area contributed by atoms with E-state index in [4.69, 9.17) is 16.3 Å². The average Bonchev–Trinajstić information content (AvgIpc) is 2.94. The van der Waals surface area contributed by atoms with Gasteiger partial charge in [-0.3, -0.25) is 4.79 Å². The van der Waals surface area contributed by atoms with Crippen molar-refractivity contribution < 1.29 is 14.6 Å². The smallest absolute Gasteiger partial charge is 0.272 e. The number of carbonyl (C=O) groups is 1. The first-order valence-corrected chi connectivity index (χ1v) is 7.50. The van der Waals surface area contributed by atoms with E-state index in [1.54, 1.807) is 12.1 Å². The summed E-state index contributed by atoms with van der Waals surface area (Å²) in [6, 6.07) is 11.8. The van der Waals surface area contributed by atoms with E-state index in [1.165, 1.54) is 12.1 Å². The molecule has 0 fully saturated rings. The lowest BCUT2D eigenvalue weighted by atomic mass is 10.2. The van der Waals surface area contributed by atoms with Crippen molar-refractivity contribution in [3.05, 3.63) is 53.2 Å². The number of phenolic OH excluding ortho intramolecular Hbond substituents is 1. The second kappa shape index (κ2) is 6.22. The van der Waals surface area contributed by atoms with Crippen molar-refractivity contribution in [3.8, 4) is 11.5 Å². The molecule has 3 N–H and O–H groups in total. The van der Waals surface area contributed by atoms with E-state index in [0.29, 0.717) is 17.3 Å². The Bertz CT molecular complexity index is 873. The Balaban J connectivity index is 1.87. The van der Waals surface area contributed by atoms with E-state index in [0.717, 1.165) is 16.7 Å². The van der Waals surface area contributed by atoms with Crippen LogP contribution in [0.1, 0.15) is 17.4 Å². The van der Waals surface area contributed by atoms with Crippen molar-refractivity contribution >= 4 is 34.1 Å². The number of fused-ring (bicyclic) bond motifs is 1. The maximum Gasteiger partial charge on any atom is 0.272 e. The summed E-state index contributed by atoms with van der Waals surface area (Å²) in [6.07, 6.45) is 0. The van der Waals surface area contributed by atoms with Gasteiger partial charge in [0.05, 0.1) is 12.3 Å². The molecule has 23 heavy (non-hydrogen) atoms. The van der Waals surface area contributed by atoms with Gasteiger partial charge in [0.2, 0.25) is 0 Å². The molecular weight excluding hydrogens is 316 g/mol. The predicted molar refractivity (Wildman–Crippen MR) is 90.5 cm³/mol. The molecule has 0 radical (unpaired) electrons. The molecule has 1 amide bonds. The van der Waals surface area contributed by atoms with Gasteiger partial charge in [-0.1, -0.05) is 11.6 Å². The fraction of sp³-hybridized carbons (Fsp3) is 0.118. The molecule has 6 heteroatoms. The van der Waals surface area contributed by atoms with Crippen molar-refractivity contribution in [2.24, 2.45) is 0 Å². The zero-order valence-electron chi connectivity index (χ0n) is 12.4. The third kappa shape index (κ3) is 3.24. The largest absolute Gasteiger partial charge is 0.506 e. The number of ether oxygens (including phenoxy) is 1. The Morgan fingerprint density at radius 3 is 2.87 bits per heavy atom. The van der Waals surface area contributed by atoms with Crippen molar-refractivity contribution in [3.63, 3.8) is 0 Å². The number of rotatable bonds is 4. The molecule has 2 aromatic carbocycles. The number of nitrogens with one attached hydrogen (secondary N) is 2. The lowest BCUT2D eigenvalue weighted by Crippen LogP contribution is -2.12. The van der Waals surface area contributed by atoms with Crippen LogP contribution < -0.4 is 10.1 Å².